The number of amides is 1. The van der Waals surface area contributed by atoms with Crippen molar-refractivity contribution in [2.24, 2.45) is 0 Å². The predicted molar refractivity (Wildman–Crippen MR) is 101 cm³/mol. The van der Waals surface area contributed by atoms with Crippen molar-refractivity contribution in [3.63, 3.8) is 0 Å². The van der Waals surface area contributed by atoms with Crippen LogP contribution in [0.25, 0.3) is 0 Å². The molecule has 2 rings (SSSR count). The number of rotatable bonds is 7. The van der Waals surface area contributed by atoms with Gasteiger partial charge in [-0.3, -0.25) is 9.10 Å². The lowest BCUT2D eigenvalue weighted by Crippen LogP contribution is -2.38. The molecule has 26 heavy (non-hydrogen) atoms. The lowest BCUT2D eigenvalue weighted by Gasteiger charge is -2.24. The maximum absolute atomic E-state index is 12.9. The van der Waals surface area contributed by atoms with E-state index >= 15 is 0 Å². The minimum absolute atomic E-state index is 0.0937. The van der Waals surface area contributed by atoms with E-state index in [9.17, 15) is 17.6 Å². The topological polar surface area (TPSA) is 66.5 Å². The van der Waals surface area contributed by atoms with Gasteiger partial charge in [-0.15, -0.1) is 0 Å². The number of carbonyl (C=O) groups excluding carboxylic acids is 1. The summed E-state index contributed by atoms with van der Waals surface area (Å²) < 4.78 is 38.3. The molecule has 0 bridgehead atoms. The zero-order valence-electron chi connectivity index (χ0n) is 14.5. The van der Waals surface area contributed by atoms with E-state index in [1.807, 2.05) is 0 Å². The van der Waals surface area contributed by atoms with Gasteiger partial charge in [0.25, 0.3) is 0 Å². The van der Waals surface area contributed by atoms with Crippen LogP contribution in [0.1, 0.15) is 11.1 Å². The minimum Gasteiger partial charge on any atom is -0.354 e. The van der Waals surface area contributed by atoms with E-state index in [4.69, 9.17) is 11.6 Å². The van der Waals surface area contributed by atoms with Gasteiger partial charge in [0.2, 0.25) is 15.9 Å². The average Bonchev–Trinajstić information content (AvgIpc) is 2.54. The summed E-state index contributed by atoms with van der Waals surface area (Å²) in [7, 11) is -3.52. The molecule has 0 aliphatic rings. The van der Waals surface area contributed by atoms with Crippen LogP contribution in [-0.2, 0) is 21.2 Å². The molecule has 0 aliphatic carbocycles. The van der Waals surface area contributed by atoms with Crippen molar-refractivity contribution in [1.82, 2.24) is 5.32 Å². The van der Waals surface area contributed by atoms with Gasteiger partial charge < -0.3 is 5.32 Å². The van der Waals surface area contributed by atoms with E-state index in [0.717, 1.165) is 11.8 Å². The molecule has 0 aromatic heterocycles. The monoisotopic (exact) mass is 398 g/mol. The van der Waals surface area contributed by atoms with Crippen LogP contribution in [0.5, 0.6) is 0 Å². The van der Waals surface area contributed by atoms with Crippen LogP contribution < -0.4 is 9.62 Å². The van der Waals surface area contributed by atoms with E-state index in [-0.39, 0.29) is 31.2 Å². The average molecular weight is 399 g/mol. The third-order valence-corrected chi connectivity index (χ3v) is 5.16. The minimum atomic E-state index is -3.52. The van der Waals surface area contributed by atoms with Crippen molar-refractivity contribution in [2.45, 2.75) is 13.3 Å². The third kappa shape index (κ3) is 5.71. The summed E-state index contributed by atoms with van der Waals surface area (Å²) in [6.07, 6.45) is 1.21. The normalized spacial score (nSPS) is 11.2. The van der Waals surface area contributed by atoms with Crippen LogP contribution in [0, 0.1) is 12.7 Å². The molecule has 0 aliphatic heterocycles. The Bertz CT molecular complexity index is 886. The van der Waals surface area contributed by atoms with Gasteiger partial charge in [-0.05, 0) is 48.4 Å². The fourth-order valence-corrected chi connectivity index (χ4v) is 3.72. The Morgan fingerprint density at radius 1 is 1.19 bits per heavy atom. The SMILES string of the molecule is Cc1cc(Cl)ccc1N(CCNC(=O)Cc1ccc(F)cc1)S(C)(=O)=O. The third-order valence-electron chi connectivity index (χ3n) is 3.74. The van der Waals surface area contributed by atoms with E-state index in [2.05, 4.69) is 5.32 Å². The highest BCUT2D eigenvalue weighted by atomic mass is 35.5. The van der Waals surface area contributed by atoms with Crippen LogP contribution in [0.3, 0.4) is 0 Å². The molecule has 1 amide bonds. The largest absolute Gasteiger partial charge is 0.354 e. The summed E-state index contributed by atoms with van der Waals surface area (Å²) in [5, 5.41) is 3.20. The van der Waals surface area contributed by atoms with Crippen molar-refractivity contribution in [2.75, 3.05) is 23.7 Å². The summed E-state index contributed by atoms with van der Waals surface area (Å²) in [5.74, 6) is -0.630. The molecule has 0 spiro atoms. The summed E-state index contributed by atoms with van der Waals surface area (Å²) in [6.45, 7) is 2.01. The van der Waals surface area contributed by atoms with Gasteiger partial charge in [0.15, 0.2) is 0 Å². The molecule has 0 saturated heterocycles. The van der Waals surface area contributed by atoms with Crippen molar-refractivity contribution >= 4 is 33.2 Å². The molecule has 0 atom stereocenters. The Hall–Kier alpha value is -2.12. The van der Waals surface area contributed by atoms with Gasteiger partial charge >= 0.3 is 0 Å². The van der Waals surface area contributed by atoms with Gasteiger partial charge in [0.05, 0.1) is 24.9 Å². The van der Waals surface area contributed by atoms with Crippen LogP contribution in [-0.4, -0.2) is 33.7 Å². The maximum atomic E-state index is 12.9. The Balaban J connectivity index is 1.99. The molecular weight excluding hydrogens is 379 g/mol. The molecule has 0 radical (unpaired) electrons. The smallest absolute Gasteiger partial charge is 0.232 e. The first-order valence-electron chi connectivity index (χ1n) is 7.92. The zero-order valence-corrected chi connectivity index (χ0v) is 16.1. The fourth-order valence-electron chi connectivity index (χ4n) is 2.51. The Labute approximate surface area is 157 Å². The van der Waals surface area contributed by atoms with Gasteiger partial charge in [-0.25, -0.2) is 12.8 Å². The molecule has 0 heterocycles. The van der Waals surface area contributed by atoms with E-state index in [1.165, 1.54) is 28.6 Å². The van der Waals surface area contributed by atoms with Crippen LogP contribution >= 0.6 is 11.6 Å². The number of nitrogens with zero attached hydrogens (tertiary/aromatic N) is 1. The van der Waals surface area contributed by atoms with Crippen molar-refractivity contribution in [3.05, 3.63) is 64.4 Å². The number of hydrogen-bond donors (Lipinski definition) is 1. The highest BCUT2D eigenvalue weighted by Crippen LogP contribution is 2.25. The maximum Gasteiger partial charge on any atom is 0.232 e. The Morgan fingerprint density at radius 2 is 1.85 bits per heavy atom. The number of nitrogens with one attached hydrogen (secondary N) is 1. The summed E-state index contributed by atoms with van der Waals surface area (Å²) in [5.41, 5.74) is 1.92. The van der Waals surface area contributed by atoms with Gasteiger partial charge in [0, 0.05) is 11.6 Å². The summed E-state index contributed by atoms with van der Waals surface area (Å²) in [6, 6.07) is 10.6. The van der Waals surface area contributed by atoms with E-state index in [1.54, 1.807) is 25.1 Å². The Morgan fingerprint density at radius 3 is 2.42 bits per heavy atom. The molecule has 8 heteroatoms. The molecule has 0 unspecified atom stereocenters. The van der Waals surface area contributed by atoms with Crippen LogP contribution in [0.15, 0.2) is 42.5 Å². The number of hydrogen-bond acceptors (Lipinski definition) is 3. The number of benzene rings is 2. The second-order valence-corrected chi connectivity index (χ2v) is 8.26. The first kappa shape index (κ1) is 20.2. The number of halogens is 2. The second-order valence-electron chi connectivity index (χ2n) is 5.92. The van der Waals surface area contributed by atoms with Crippen LogP contribution in [0.2, 0.25) is 5.02 Å². The van der Waals surface area contributed by atoms with Gasteiger partial charge in [0.1, 0.15) is 5.82 Å². The zero-order chi connectivity index (χ0) is 19.3. The molecule has 0 fully saturated rings. The van der Waals surface area contributed by atoms with Gasteiger partial charge in [-0.2, -0.15) is 0 Å². The summed E-state index contributed by atoms with van der Waals surface area (Å²) in [4.78, 5) is 12.0. The van der Waals surface area contributed by atoms with Crippen molar-refractivity contribution in [3.8, 4) is 0 Å². The van der Waals surface area contributed by atoms with E-state index < -0.39 is 10.0 Å². The molecule has 1 N–H and O–H groups in total. The molecule has 2 aromatic rings. The first-order chi connectivity index (χ1) is 12.2. The van der Waals surface area contributed by atoms with Gasteiger partial charge in [-0.1, -0.05) is 23.7 Å². The summed E-state index contributed by atoms with van der Waals surface area (Å²) >= 11 is 5.92. The number of anilines is 1. The molecule has 140 valence electrons. The Kier molecular flexibility index (Phi) is 6.61. The standard InChI is InChI=1S/C18H20ClFN2O3S/c1-13-11-15(19)5-8-17(13)22(26(2,24)25)10-9-21-18(23)12-14-3-6-16(20)7-4-14/h3-8,11H,9-10,12H2,1-2H3,(H,21,23). The first-order valence-corrected chi connectivity index (χ1v) is 10.1. The van der Waals surface area contributed by atoms with Crippen molar-refractivity contribution in [1.29, 1.82) is 0 Å². The number of aryl methyl sites for hydroxylation is 1. The fraction of sp³-hybridized carbons (Fsp3) is 0.278. The molecule has 5 nitrogen and oxygen atoms in total. The molecular formula is C18H20ClFN2O3S. The lowest BCUT2D eigenvalue weighted by atomic mass is 10.1. The predicted octanol–water partition coefficient (Wildman–Crippen LogP) is 2.91. The van der Waals surface area contributed by atoms with Crippen LogP contribution in [0.4, 0.5) is 10.1 Å². The number of carbonyl (C=O) groups is 1. The van der Waals surface area contributed by atoms with E-state index in [0.29, 0.717) is 16.3 Å². The quantitative estimate of drug-likeness (QED) is 0.779. The molecule has 2 aromatic carbocycles. The lowest BCUT2D eigenvalue weighted by molar-refractivity contribution is -0.120. The highest BCUT2D eigenvalue weighted by Gasteiger charge is 2.19. The number of sulfonamides is 1. The molecule has 0 saturated carbocycles. The highest BCUT2D eigenvalue weighted by molar-refractivity contribution is 7.92. The second kappa shape index (κ2) is 8.51. The van der Waals surface area contributed by atoms with Crippen molar-refractivity contribution < 1.29 is 17.6 Å².